The number of carboxylic acids is 1. The lowest BCUT2D eigenvalue weighted by Gasteiger charge is -2.15. The van der Waals surface area contributed by atoms with E-state index in [4.69, 9.17) is 5.11 Å². The van der Waals surface area contributed by atoms with Gasteiger partial charge < -0.3 is 10.4 Å². The molecule has 0 aliphatic carbocycles. The minimum Gasteiger partial charge on any atom is -0.481 e. The van der Waals surface area contributed by atoms with Crippen LogP contribution in [0.15, 0.2) is 6.20 Å². The summed E-state index contributed by atoms with van der Waals surface area (Å²) in [4.78, 5) is 22.6. The topological polar surface area (TPSA) is 84.2 Å². The Labute approximate surface area is 106 Å². The zero-order valence-corrected chi connectivity index (χ0v) is 11.1. The van der Waals surface area contributed by atoms with Gasteiger partial charge >= 0.3 is 5.97 Å². The highest BCUT2D eigenvalue weighted by Gasteiger charge is 2.25. The SMILES string of the molecule is Cc1c(CNC(=O)C(C)C(C)C(=O)O)cnn1C. The molecule has 0 fully saturated rings. The maximum absolute atomic E-state index is 11.8. The number of carboxylic acid groups (broad SMARTS) is 1. The Morgan fingerprint density at radius 2 is 2.06 bits per heavy atom. The summed E-state index contributed by atoms with van der Waals surface area (Å²) in [5.74, 6) is -2.47. The number of amides is 1. The third-order valence-electron chi connectivity index (χ3n) is 3.34. The van der Waals surface area contributed by atoms with Gasteiger partial charge in [0.25, 0.3) is 0 Å². The first-order valence-electron chi connectivity index (χ1n) is 5.82. The minimum atomic E-state index is -0.963. The summed E-state index contributed by atoms with van der Waals surface area (Å²) >= 11 is 0. The van der Waals surface area contributed by atoms with Gasteiger partial charge in [-0.25, -0.2) is 0 Å². The molecule has 2 N–H and O–H groups in total. The van der Waals surface area contributed by atoms with Crippen LogP contribution >= 0.6 is 0 Å². The second-order valence-corrected chi connectivity index (χ2v) is 4.51. The number of hydrogen-bond acceptors (Lipinski definition) is 3. The average molecular weight is 253 g/mol. The summed E-state index contributed by atoms with van der Waals surface area (Å²) in [5, 5.41) is 15.6. The number of aromatic nitrogens is 2. The summed E-state index contributed by atoms with van der Waals surface area (Å²) < 4.78 is 1.73. The molecule has 0 aliphatic rings. The summed E-state index contributed by atoms with van der Waals surface area (Å²) in [6.45, 7) is 5.43. The molecule has 1 heterocycles. The monoisotopic (exact) mass is 253 g/mol. The third kappa shape index (κ3) is 3.09. The van der Waals surface area contributed by atoms with Crippen molar-refractivity contribution in [2.24, 2.45) is 18.9 Å². The lowest BCUT2D eigenvalue weighted by Crippen LogP contribution is -2.34. The number of nitrogens with one attached hydrogen (secondary N) is 1. The van der Waals surface area contributed by atoms with Gasteiger partial charge in [0.2, 0.25) is 5.91 Å². The van der Waals surface area contributed by atoms with Crippen molar-refractivity contribution in [2.45, 2.75) is 27.3 Å². The van der Waals surface area contributed by atoms with Crippen LogP contribution in [0.1, 0.15) is 25.1 Å². The molecule has 6 heteroatoms. The molecule has 1 aromatic heterocycles. The minimum absolute atomic E-state index is 0.256. The van der Waals surface area contributed by atoms with Gasteiger partial charge in [-0.2, -0.15) is 5.10 Å². The number of nitrogens with zero attached hydrogens (tertiary/aromatic N) is 2. The van der Waals surface area contributed by atoms with E-state index in [2.05, 4.69) is 10.4 Å². The van der Waals surface area contributed by atoms with E-state index >= 15 is 0 Å². The first-order valence-corrected chi connectivity index (χ1v) is 5.82. The number of carbonyl (C=O) groups excluding carboxylic acids is 1. The number of hydrogen-bond donors (Lipinski definition) is 2. The Morgan fingerprint density at radius 1 is 1.44 bits per heavy atom. The molecule has 1 rings (SSSR count). The van der Waals surface area contributed by atoms with E-state index in [9.17, 15) is 9.59 Å². The molecule has 0 aliphatic heterocycles. The van der Waals surface area contributed by atoms with Crippen molar-refractivity contribution in [3.8, 4) is 0 Å². The van der Waals surface area contributed by atoms with Gasteiger partial charge in [-0.3, -0.25) is 14.3 Å². The maximum Gasteiger partial charge on any atom is 0.307 e. The van der Waals surface area contributed by atoms with E-state index in [1.165, 1.54) is 6.92 Å². The standard InChI is InChI=1S/C12H19N3O3/c1-7(8(2)12(17)18)11(16)13-5-10-6-14-15(4)9(10)3/h6-8H,5H2,1-4H3,(H,13,16)(H,17,18). The van der Waals surface area contributed by atoms with Crippen LogP contribution in [0.25, 0.3) is 0 Å². The lowest BCUT2D eigenvalue weighted by molar-refractivity contribution is -0.146. The Kier molecular flexibility index (Phi) is 4.47. The van der Waals surface area contributed by atoms with Crippen LogP contribution in [0.5, 0.6) is 0 Å². The zero-order valence-electron chi connectivity index (χ0n) is 11.1. The number of aryl methyl sites for hydroxylation is 1. The van der Waals surface area contributed by atoms with Gasteiger partial charge in [-0.05, 0) is 6.92 Å². The van der Waals surface area contributed by atoms with Crippen LogP contribution in [0.4, 0.5) is 0 Å². The van der Waals surface area contributed by atoms with Gasteiger partial charge in [0, 0.05) is 30.8 Å². The smallest absolute Gasteiger partial charge is 0.307 e. The van der Waals surface area contributed by atoms with Crippen LogP contribution < -0.4 is 5.32 Å². The van der Waals surface area contributed by atoms with Gasteiger partial charge in [0.1, 0.15) is 0 Å². The fourth-order valence-corrected chi connectivity index (χ4v) is 1.50. The molecule has 0 radical (unpaired) electrons. The highest BCUT2D eigenvalue weighted by Crippen LogP contribution is 2.12. The molecule has 6 nitrogen and oxygen atoms in total. The van der Waals surface area contributed by atoms with Crippen LogP contribution in [-0.2, 0) is 23.2 Å². The maximum atomic E-state index is 11.8. The zero-order chi connectivity index (χ0) is 13.9. The Bertz CT molecular complexity index is 453. The molecule has 2 unspecified atom stereocenters. The van der Waals surface area contributed by atoms with Crippen molar-refractivity contribution in [2.75, 3.05) is 0 Å². The van der Waals surface area contributed by atoms with Gasteiger partial charge in [-0.15, -0.1) is 0 Å². The van der Waals surface area contributed by atoms with E-state index in [-0.39, 0.29) is 5.91 Å². The molecular formula is C12H19N3O3. The van der Waals surface area contributed by atoms with Gasteiger partial charge in [-0.1, -0.05) is 13.8 Å². The molecule has 100 valence electrons. The number of rotatable bonds is 5. The highest BCUT2D eigenvalue weighted by molar-refractivity contribution is 5.84. The second kappa shape index (κ2) is 5.66. The van der Waals surface area contributed by atoms with Crippen molar-refractivity contribution in [1.82, 2.24) is 15.1 Å². The molecule has 0 bridgehead atoms. The summed E-state index contributed by atoms with van der Waals surface area (Å²) in [6, 6.07) is 0. The normalized spacial score (nSPS) is 14.0. The third-order valence-corrected chi connectivity index (χ3v) is 3.34. The van der Waals surface area contributed by atoms with E-state index in [1.807, 2.05) is 14.0 Å². The van der Waals surface area contributed by atoms with Crippen molar-refractivity contribution < 1.29 is 14.7 Å². The summed E-state index contributed by atoms with van der Waals surface area (Å²) in [6.07, 6.45) is 1.70. The highest BCUT2D eigenvalue weighted by atomic mass is 16.4. The summed E-state index contributed by atoms with van der Waals surface area (Å²) in [5.41, 5.74) is 1.91. The van der Waals surface area contributed by atoms with Crippen LogP contribution in [0, 0.1) is 18.8 Å². The largest absolute Gasteiger partial charge is 0.481 e. The first-order chi connectivity index (χ1) is 8.34. The molecule has 0 spiro atoms. The molecule has 0 saturated heterocycles. The number of aliphatic carboxylic acids is 1. The van der Waals surface area contributed by atoms with Crippen LogP contribution in [0.2, 0.25) is 0 Å². The molecule has 2 atom stereocenters. The first kappa shape index (κ1) is 14.2. The van der Waals surface area contributed by atoms with Crippen molar-refractivity contribution in [1.29, 1.82) is 0 Å². The van der Waals surface area contributed by atoms with Crippen LogP contribution in [0.3, 0.4) is 0 Å². The van der Waals surface area contributed by atoms with E-state index in [1.54, 1.807) is 17.8 Å². The lowest BCUT2D eigenvalue weighted by atomic mass is 9.95. The Morgan fingerprint density at radius 3 is 2.50 bits per heavy atom. The second-order valence-electron chi connectivity index (χ2n) is 4.51. The molecule has 0 saturated carbocycles. The molecule has 18 heavy (non-hydrogen) atoms. The predicted octanol–water partition coefficient (Wildman–Crippen LogP) is 0.702. The molecule has 0 aromatic carbocycles. The fraction of sp³-hybridized carbons (Fsp3) is 0.583. The van der Waals surface area contributed by atoms with Crippen molar-refractivity contribution in [3.63, 3.8) is 0 Å². The Hall–Kier alpha value is -1.85. The van der Waals surface area contributed by atoms with Crippen molar-refractivity contribution in [3.05, 3.63) is 17.5 Å². The van der Waals surface area contributed by atoms with E-state index < -0.39 is 17.8 Å². The van der Waals surface area contributed by atoms with Gasteiger partial charge in [0.15, 0.2) is 0 Å². The van der Waals surface area contributed by atoms with Gasteiger partial charge in [0.05, 0.1) is 12.1 Å². The molecular weight excluding hydrogens is 234 g/mol. The van der Waals surface area contributed by atoms with Crippen LogP contribution in [-0.4, -0.2) is 26.8 Å². The predicted molar refractivity (Wildman–Crippen MR) is 65.8 cm³/mol. The average Bonchev–Trinajstić information content (AvgIpc) is 2.65. The van der Waals surface area contributed by atoms with Crippen molar-refractivity contribution >= 4 is 11.9 Å². The molecule has 1 aromatic rings. The number of carbonyl (C=O) groups is 2. The van der Waals surface area contributed by atoms with E-state index in [0.29, 0.717) is 6.54 Å². The Balaban J connectivity index is 2.56. The molecule has 1 amide bonds. The summed E-state index contributed by atoms with van der Waals surface area (Å²) in [7, 11) is 1.83. The fourth-order valence-electron chi connectivity index (χ4n) is 1.50. The quantitative estimate of drug-likeness (QED) is 0.809. The van der Waals surface area contributed by atoms with E-state index in [0.717, 1.165) is 11.3 Å².